The number of hydrogen-bond donors (Lipinski definition) is 2. The Kier molecular flexibility index (Phi) is 8.74. The van der Waals surface area contributed by atoms with Crippen LogP contribution in [0.4, 0.5) is 0 Å². The summed E-state index contributed by atoms with van der Waals surface area (Å²) in [5, 5.41) is 18.3. The van der Waals surface area contributed by atoms with Crippen molar-refractivity contribution in [1.82, 2.24) is 0 Å². The first-order chi connectivity index (χ1) is 14.3. The fourth-order valence-corrected chi connectivity index (χ4v) is 3.90. The zero-order valence-electron chi connectivity index (χ0n) is 19.0. The van der Waals surface area contributed by atoms with Gasteiger partial charge in [0, 0.05) is 11.1 Å². The number of aliphatic hydroxyl groups excluding tert-OH is 2. The van der Waals surface area contributed by atoms with Crippen LogP contribution in [0.3, 0.4) is 0 Å². The van der Waals surface area contributed by atoms with Gasteiger partial charge in [-0.05, 0) is 92.5 Å². The number of carbonyl (C=O) groups excluding carboxylic acids is 1. The second-order valence-corrected chi connectivity index (χ2v) is 7.89. The van der Waals surface area contributed by atoms with Crippen molar-refractivity contribution < 1.29 is 24.5 Å². The van der Waals surface area contributed by atoms with E-state index in [-0.39, 0.29) is 19.5 Å². The monoisotopic (exact) mass is 414 g/mol. The molecule has 0 saturated carbocycles. The molecule has 1 saturated heterocycles. The van der Waals surface area contributed by atoms with Gasteiger partial charge in [-0.25, -0.2) is 0 Å². The van der Waals surface area contributed by atoms with Crippen LogP contribution in [-0.2, 0) is 22.7 Å². The average Bonchev–Trinajstić information content (AvgIpc) is 2.75. The summed E-state index contributed by atoms with van der Waals surface area (Å²) < 4.78 is 11.3. The Morgan fingerprint density at radius 2 is 1.33 bits per heavy atom. The summed E-state index contributed by atoms with van der Waals surface area (Å²) in [5.74, 6) is 0. The molecule has 5 nitrogen and oxygen atoms in total. The molecule has 164 valence electrons. The van der Waals surface area contributed by atoms with Gasteiger partial charge in [-0.15, -0.1) is 0 Å². The van der Waals surface area contributed by atoms with E-state index < -0.39 is 0 Å². The molecule has 5 heteroatoms. The lowest BCUT2D eigenvalue weighted by Crippen LogP contribution is -2.20. The number of carbonyl (C=O) groups is 1. The van der Waals surface area contributed by atoms with Gasteiger partial charge in [-0.2, -0.15) is 0 Å². The topological polar surface area (TPSA) is 76.0 Å². The zero-order chi connectivity index (χ0) is 22.4. The summed E-state index contributed by atoms with van der Waals surface area (Å²) in [7, 11) is 0. The Labute approximate surface area is 179 Å². The van der Waals surface area contributed by atoms with E-state index in [4.69, 9.17) is 14.6 Å². The van der Waals surface area contributed by atoms with Gasteiger partial charge in [0.1, 0.15) is 0 Å². The summed E-state index contributed by atoms with van der Waals surface area (Å²) in [6.07, 6.45) is 1.59. The predicted molar refractivity (Wildman–Crippen MR) is 118 cm³/mol. The van der Waals surface area contributed by atoms with Crippen LogP contribution in [-0.4, -0.2) is 29.7 Å². The first-order valence-corrected chi connectivity index (χ1v) is 10.4. The normalized spacial score (nSPS) is 14.3. The molecule has 1 fully saturated rings. The quantitative estimate of drug-likeness (QED) is 0.723. The molecule has 0 atom stereocenters. The van der Waals surface area contributed by atoms with Crippen LogP contribution < -0.4 is 0 Å². The second-order valence-electron chi connectivity index (χ2n) is 7.89. The second kappa shape index (κ2) is 10.8. The number of ether oxygens (including phenoxy) is 2. The number of benzene rings is 2. The molecule has 2 aromatic rings. The molecule has 3 rings (SSSR count). The molecule has 1 aliphatic rings. The lowest BCUT2D eigenvalue weighted by molar-refractivity contribution is -0.183. The van der Waals surface area contributed by atoms with Gasteiger partial charge in [0.05, 0.1) is 26.4 Å². The Morgan fingerprint density at radius 3 is 1.83 bits per heavy atom. The highest BCUT2D eigenvalue weighted by Crippen LogP contribution is 2.32. The highest BCUT2D eigenvalue weighted by atomic mass is 16.7. The zero-order valence-corrected chi connectivity index (χ0v) is 19.0. The molecule has 30 heavy (non-hydrogen) atoms. The van der Waals surface area contributed by atoms with Crippen molar-refractivity contribution in [3.05, 3.63) is 67.8 Å². The third-order valence-corrected chi connectivity index (χ3v) is 6.05. The molecule has 0 aromatic heterocycles. The molecule has 1 aliphatic heterocycles. The molecule has 0 unspecified atom stereocenters. The minimum atomic E-state index is -0.241. The minimum Gasteiger partial charge on any atom is -0.392 e. The van der Waals surface area contributed by atoms with Gasteiger partial charge in [0.15, 0.2) is 12.6 Å². The SMILES string of the molecule is Cc1cc(CO)c(C)c(C)c1C1OCCCO1.Cc1cc(CO)c(C)c(C)c1C=O. The Bertz CT molecular complexity index is 895. The van der Waals surface area contributed by atoms with Crippen molar-refractivity contribution in [2.24, 2.45) is 0 Å². The first kappa shape index (κ1) is 24.2. The van der Waals surface area contributed by atoms with E-state index in [0.717, 1.165) is 76.0 Å². The van der Waals surface area contributed by atoms with Crippen molar-refractivity contribution in [1.29, 1.82) is 0 Å². The minimum absolute atomic E-state index is 0.0344. The van der Waals surface area contributed by atoms with E-state index in [1.54, 1.807) is 0 Å². The number of aryl methyl sites for hydroxylation is 2. The molecule has 2 aromatic carbocycles. The number of rotatable bonds is 4. The van der Waals surface area contributed by atoms with Gasteiger partial charge >= 0.3 is 0 Å². The van der Waals surface area contributed by atoms with Crippen LogP contribution in [0.1, 0.15) is 73.1 Å². The van der Waals surface area contributed by atoms with Gasteiger partial charge in [0.25, 0.3) is 0 Å². The van der Waals surface area contributed by atoms with Crippen LogP contribution in [0.15, 0.2) is 12.1 Å². The molecular weight excluding hydrogens is 380 g/mol. The molecule has 0 bridgehead atoms. The largest absolute Gasteiger partial charge is 0.392 e. The van der Waals surface area contributed by atoms with Crippen molar-refractivity contribution in [3.63, 3.8) is 0 Å². The smallest absolute Gasteiger partial charge is 0.184 e. The maximum absolute atomic E-state index is 10.7. The standard InChI is InChI=1S/C14H20O3.C11H14O2/c1-9-7-12(8-15)10(2)11(3)13(9)14-16-5-4-6-17-14;1-7-4-10(5-12)8(2)9(3)11(7)6-13/h7,14-15H,4-6,8H2,1-3H3;4,6,12H,5H2,1-3H3. The molecule has 1 heterocycles. The van der Waals surface area contributed by atoms with E-state index in [2.05, 4.69) is 6.92 Å². The lowest BCUT2D eigenvalue weighted by Gasteiger charge is -2.27. The van der Waals surface area contributed by atoms with E-state index >= 15 is 0 Å². The third kappa shape index (κ3) is 5.16. The molecule has 0 radical (unpaired) electrons. The fourth-order valence-electron chi connectivity index (χ4n) is 3.90. The molecule has 0 amide bonds. The molecular formula is C25H34O5. The summed E-state index contributed by atoms with van der Waals surface area (Å²) in [6.45, 7) is 13.5. The molecule has 0 aliphatic carbocycles. The van der Waals surface area contributed by atoms with Crippen LogP contribution >= 0.6 is 0 Å². The summed E-state index contributed by atoms with van der Waals surface area (Å²) in [5.41, 5.74) is 10.1. The Morgan fingerprint density at radius 1 is 0.833 bits per heavy atom. The first-order valence-electron chi connectivity index (χ1n) is 10.4. The third-order valence-electron chi connectivity index (χ3n) is 6.05. The van der Waals surface area contributed by atoms with Crippen LogP contribution in [0.25, 0.3) is 0 Å². The van der Waals surface area contributed by atoms with Crippen LogP contribution in [0.2, 0.25) is 0 Å². The van der Waals surface area contributed by atoms with E-state index in [1.165, 1.54) is 5.56 Å². The van der Waals surface area contributed by atoms with Crippen molar-refractivity contribution in [3.8, 4) is 0 Å². The Hall–Kier alpha value is -2.05. The van der Waals surface area contributed by atoms with Gasteiger partial charge in [-0.1, -0.05) is 12.1 Å². The molecule has 2 N–H and O–H groups in total. The van der Waals surface area contributed by atoms with Crippen molar-refractivity contribution in [2.45, 2.75) is 67.5 Å². The van der Waals surface area contributed by atoms with E-state index in [1.807, 2.05) is 46.8 Å². The average molecular weight is 415 g/mol. The van der Waals surface area contributed by atoms with Gasteiger partial charge in [0.2, 0.25) is 0 Å². The Balaban J connectivity index is 0.000000222. The number of hydrogen-bond acceptors (Lipinski definition) is 5. The maximum Gasteiger partial charge on any atom is 0.184 e. The number of aliphatic hydroxyl groups is 2. The maximum atomic E-state index is 10.7. The van der Waals surface area contributed by atoms with Gasteiger partial charge < -0.3 is 19.7 Å². The van der Waals surface area contributed by atoms with E-state index in [9.17, 15) is 9.90 Å². The van der Waals surface area contributed by atoms with Crippen LogP contribution in [0, 0.1) is 41.5 Å². The summed E-state index contributed by atoms with van der Waals surface area (Å²) >= 11 is 0. The summed E-state index contributed by atoms with van der Waals surface area (Å²) in [4.78, 5) is 10.7. The van der Waals surface area contributed by atoms with E-state index in [0.29, 0.717) is 0 Å². The van der Waals surface area contributed by atoms with Crippen molar-refractivity contribution >= 4 is 6.29 Å². The predicted octanol–water partition coefficient (Wildman–Crippen LogP) is 4.46. The van der Waals surface area contributed by atoms with Gasteiger partial charge in [-0.3, -0.25) is 4.79 Å². The number of aldehydes is 1. The van der Waals surface area contributed by atoms with Crippen molar-refractivity contribution in [2.75, 3.05) is 13.2 Å². The molecule has 0 spiro atoms. The fraction of sp³-hybridized carbons (Fsp3) is 0.480. The summed E-state index contributed by atoms with van der Waals surface area (Å²) in [6, 6.07) is 3.89. The van der Waals surface area contributed by atoms with Crippen LogP contribution in [0.5, 0.6) is 0 Å². The highest BCUT2D eigenvalue weighted by molar-refractivity contribution is 5.80. The highest BCUT2D eigenvalue weighted by Gasteiger charge is 2.22. The lowest BCUT2D eigenvalue weighted by atomic mass is 9.93.